The van der Waals surface area contributed by atoms with Crippen molar-refractivity contribution in [2.45, 2.75) is 26.3 Å². The number of amides is 1. The predicted molar refractivity (Wildman–Crippen MR) is 76.3 cm³/mol. The standard InChI is InChI=1S/C13H20N2O3S/c1-10(2)9-12(15-19(3,17)18)13(16)14-11-7-5-4-6-8-11/h4-8,10,12,15H,9H2,1-3H3,(H,14,16). The second kappa shape index (κ2) is 6.68. The minimum atomic E-state index is -3.42. The predicted octanol–water partition coefficient (Wildman–Crippen LogP) is 1.59. The van der Waals surface area contributed by atoms with Crippen LogP contribution in [0, 0.1) is 5.92 Å². The van der Waals surface area contributed by atoms with Gasteiger partial charge in [-0.25, -0.2) is 13.1 Å². The molecule has 0 aromatic heterocycles. The molecular formula is C13H20N2O3S. The van der Waals surface area contributed by atoms with E-state index in [-0.39, 0.29) is 11.8 Å². The van der Waals surface area contributed by atoms with Crippen molar-refractivity contribution < 1.29 is 13.2 Å². The fraction of sp³-hybridized carbons (Fsp3) is 0.462. The monoisotopic (exact) mass is 284 g/mol. The first-order valence-corrected chi connectivity index (χ1v) is 8.00. The van der Waals surface area contributed by atoms with Gasteiger partial charge >= 0.3 is 0 Å². The number of nitrogens with one attached hydrogen (secondary N) is 2. The van der Waals surface area contributed by atoms with E-state index < -0.39 is 16.1 Å². The summed E-state index contributed by atoms with van der Waals surface area (Å²) in [6.45, 7) is 3.87. The minimum absolute atomic E-state index is 0.209. The van der Waals surface area contributed by atoms with E-state index in [1.807, 2.05) is 19.9 Å². The molecular weight excluding hydrogens is 264 g/mol. The Kier molecular flexibility index (Phi) is 5.50. The van der Waals surface area contributed by atoms with Crippen molar-refractivity contribution in [2.24, 2.45) is 5.92 Å². The molecule has 1 amide bonds. The molecule has 0 saturated heterocycles. The van der Waals surface area contributed by atoms with Crippen molar-refractivity contribution in [3.63, 3.8) is 0 Å². The summed E-state index contributed by atoms with van der Waals surface area (Å²) in [6, 6.07) is 8.20. The topological polar surface area (TPSA) is 75.3 Å². The first-order valence-electron chi connectivity index (χ1n) is 6.11. The Bertz CT molecular complexity index is 512. The highest BCUT2D eigenvalue weighted by Gasteiger charge is 2.23. The third kappa shape index (κ3) is 6.35. The number of hydrogen-bond acceptors (Lipinski definition) is 3. The molecule has 106 valence electrons. The van der Waals surface area contributed by atoms with Crippen LogP contribution in [0.3, 0.4) is 0 Å². The smallest absolute Gasteiger partial charge is 0.242 e. The number of anilines is 1. The van der Waals surface area contributed by atoms with Crippen LogP contribution in [-0.4, -0.2) is 26.6 Å². The zero-order valence-corrected chi connectivity index (χ0v) is 12.2. The first kappa shape index (κ1) is 15.7. The fourth-order valence-corrected chi connectivity index (χ4v) is 2.41. The lowest BCUT2D eigenvalue weighted by Crippen LogP contribution is -2.44. The normalized spacial score (nSPS) is 13.3. The second-order valence-corrected chi connectivity index (χ2v) is 6.71. The van der Waals surface area contributed by atoms with Crippen LogP contribution < -0.4 is 10.0 Å². The molecule has 0 aliphatic rings. The van der Waals surface area contributed by atoms with Crippen molar-refractivity contribution in [1.82, 2.24) is 4.72 Å². The summed E-state index contributed by atoms with van der Waals surface area (Å²) in [7, 11) is -3.42. The van der Waals surface area contributed by atoms with E-state index in [2.05, 4.69) is 10.0 Å². The average molecular weight is 284 g/mol. The van der Waals surface area contributed by atoms with Crippen LogP contribution in [0.15, 0.2) is 30.3 Å². The maximum Gasteiger partial charge on any atom is 0.242 e. The number of carbonyl (C=O) groups excluding carboxylic acids is 1. The summed E-state index contributed by atoms with van der Waals surface area (Å²) in [6.07, 6.45) is 1.50. The molecule has 0 fully saturated rings. The zero-order valence-electron chi connectivity index (χ0n) is 11.4. The molecule has 1 rings (SSSR count). The van der Waals surface area contributed by atoms with Gasteiger partial charge in [-0.15, -0.1) is 0 Å². The Morgan fingerprint density at radius 2 is 1.79 bits per heavy atom. The molecule has 0 heterocycles. The van der Waals surface area contributed by atoms with Gasteiger partial charge in [0, 0.05) is 5.69 Å². The van der Waals surface area contributed by atoms with Crippen LogP contribution in [0.1, 0.15) is 20.3 Å². The SMILES string of the molecule is CC(C)CC(NS(C)(=O)=O)C(=O)Nc1ccccc1. The van der Waals surface area contributed by atoms with Crippen molar-refractivity contribution in [1.29, 1.82) is 0 Å². The molecule has 0 aliphatic carbocycles. The molecule has 0 spiro atoms. The lowest BCUT2D eigenvalue weighted by molar-refractivity contribution is -0.118. The maximum absolute atomic E-state index is 12.1. The van der Waals surface area contributed by atoms with E-state index in [1.54, 1.807) is 24.3 Å². The first-order chi connectivity index (χ1) is 8.78. The zero-order chi connectivity index (χ0) is 14.5. The van der Waals surface area contributed by atoms with Crippen molar-refractivity contribution >= 4 is 21.6 Å². The fourth-order valence-electron chi connectivity index (χ4n) is 1.69. The molecule has 0 radical (unpaired) electrons. The summed E-state index contributed by atoms with van der Waals surface area (Å²) in [4.78, 5) is 12.1. The van der Waals surface area contributed by atoms with E-state index in [0.29, 0.717) is 12.1 Å². The Labute approximate surface area is 114 Å². The van der Waals surface area contributed by atoms with Crippen LogP contribution in [0.5, 0.6) is 0 Å². The van der Waals surface area contributed by atoms with Gasteiger partial charge in [0.25, 0.3) is 0 Å². The van der Waals surface area contributed by atoms with Crippen LogP contribution >= 0.6 is 0 Å². The molecule has 1 atom stereocenters. The molecule has 19 heavy (non-hydrogen) atoms. The average Bonchev–Trinajstić information content (AvgIpc) is 2.27. The van der Waals surface area contributed by atoms with E-state index in [9.17, 15) is 13.2 Å². The highest BCUT2D eigenvalue weighted by atomic mass is 32.2. The van der Waals surface area contributed by atoms with Gasteiger partial charge in [-0.3, -0.25) is 4.79 Å². The van der Waals surface area contributed by atoms with E-state index in [4.69, 9.17) is 0 Å². The third-order valence-electron chi connectivity index (χ3n) is 2.42. The molecule has 6 heteroatoms. The van der Waals surface area contributed by atoms with E-state index >= 15 is 0 Å². The second-order valence-electron chi connectivity index (χ2n) is 4.93. The Morgan fingerprint density at radius 1 is 1.21 bits per heavy atom. The number of rotatable bonds is 6. The van der Waals surface area contributed by atoms with Crippen molar-refractivity contribution in [3.8, 4) is 0 Å². The molecule has 5 nitrogen and oxygen atoms in total. The van der Waals surface area contributed by atoms with Crippen LogP contribution in [0.25, 0.3) is 0 Å². The molecule has 2 N–H and O–H groups in total. The number of hydrogen-bond donors (Lipinski definition) is 2. The van der Waals surface area contributed by atoms with Gasteiger partial charge in [0.2, 0.25) is 15.9 Å². The Hall–Kier alpha value is -1.40. The lowest BCUT2D eigenvalue weighted by atomic mass is 10.0. The summed E-state index contributed by atoms with van der Waals surface area (Å²) in [5.74, 6) is -0.133. The van der Waals surface area contributed by atoms with Crippen molar-refractivity contribution in [2.75, 3.05) is 11.6 Å². The highest BCUT2D eigenvalue weighted by Crippen LogP contribution is 2.10. The van der Waals surface area contributed by atoms with Crippen LogP contribution in [0.2, 0.25) is 0 Å². The van der Waals surface area contributed by atoms with Crippen LogP contribution in [0.4, 0.5) is 5.69 Å². The number of para-hydroxylation sites is 1. The number of carbonyl (C=O) groups is 1. The van der Waals surface area contributed by atoms with Gasteiger partial charge in [0.15, 0.2) is 0 Å². The largest absolute Gasteiger partial charge is 0.325 e. The maximum atomic E-state index is 12.1. The molecule has 1 unspecified atom stereocenters. The Morgan fingerprint density at radius 3 is 2.26 bits per heavy atom. The summed E-state index contributed by atoms with van der Waals surface area (Å²) < 4.78 is 24.9. The van der Waals surface area contributed by atoms with Gasteiger partial charge < -0.3 is 5.32 Å². The summed E-state index contributed by atoms with van der Waals surface area (Å²) >= 11 is 0. The summed E-state index contributed by atoms with van der Waals surface area (Å²) in [5, 5.41) is 2.70. The highest BCUT2D eigenvalue weighted by molar-refractivity contribution is 7.88. The lowest BCUT2D eigenvalue weighted by Gasteiger charge is -2.19. The third-order valence-corrected chi connectivity index (χ3v) is 3.13. The molecule has 1 aromatic rings. The van der Waals surface area contributed by atoms with E-state index in [0.717, 1.165) is 6.26 Å². The van der Waals surface area contributed by atoms with Gasteiger partial charge in [-0.2, -0.15) is 0 Å². The van der Waals surface area contributed by atoms with Gasteiger partial charge in [0.1, 0.15) is 6.04 Å². The molecule has 0 saturated carbocycles. The van der Waals surface area contributed by atoms with Gasteiger partial charge in [-0.1, -0.05) is 32.0 Å². The van der Waals surface area contributed by atoms with Gasteiger partial charge in [-0.05, 0) is 24.5 Å². The summed E-state index contributed by atoms with van der Waals surface area (Å²) in [5.41, 5.74) is 0.650. The molecule has 1 aromatic carbocycles. The van der Waals surface area contributed by atoms with Crippen molar-refractivity contribution in [3.05, 3.63) is 30.3 Å². The molecule has 0 aliphatic heterocycles. The number of benzene rings is 1. The van der Waals surface area contributed by atoms with Gasteiger partial charge in [0.05, 0.1) is 6.26 Å². The quantitative estimate of drug-likeness (QED) is 0.833. The van der Waals surface area contributed by atoms with Crippen LogP contribution in [-0.2, 0) is 14.8 Å². The Balaban J connectivity index is 2.77. The minimum Gasteiger partial charge on any atom is -0.325 e. The molecule has 0 bridgehead atoms. The van der Waals surface area contributed by atoms with E-state index in [1.165, 1.54) is 0 Å². The number of sulfonamides is 1.